The van der Waals surface area contributed by atoms with Gasteiger partial charge in [-0.05, 0) is 31.4 Å². The first-order chi connectivity index (χ1) is 12.6. The Morgan fingerprint density at radius 3 is 2.96 bits per heavy atom. The van der Waals surface area contributed by atoms with Crippen molar-refractivity contribution in [3.8, 4) is 0 Å². The third-order valence-corrected chi connectivity index (χ3v) is 5.56. The van der Waals surface area contributed by atoms with E-state index >= 15 is 0 Å². The Kier molecular flexibility index (Phi) is 4.50. The molecule has 1 atom stereocenters. The summed E-state index contributed by atoms with van der Waals surface area (Å²) in [6.45, 7) is 0.566. The minimum absolute atomic E-state index is 0.110. The molecule has 0 unspecified atom stereocenters. The Labute approximate surface area is 153 Å². The lowest BCUT2D eigenvalue weighted by atomic mass is 10.0. The summed E-state index contributed by atoms with van der Waals surface area (Å²) in [6, 6.07) is 7.14. The van der Waals surface area contributed by atoms with Gasteiger partial charge in [0.25, 0.3) is 0 Å². The quantitative estimate of drug-likeness (QED) is 0.559. The molecule has 8 heteroatoms. The van der Waals surface area contributed by atoms with Gasteiger partial charge in [0.2, 0.25) is 11.8 Å². The molecule has 1 fully saturated rings. The molecule has 2 N–H and O–H groups in total. The Morgan fingerprint density at radius 1 is 1.27 bits per heavy atom. The molecular weight excluding hydrogens is 352 g/mol. The molecule has 2 aromatic heterocycles. The van der Waals surface area contributed by atoms with E-state index in [0.717, 1.165) is 29.3 Å². The Balaban J connectivity index is 1.56. The van der Waals surface area contributed by atoms with Crippen LogP contribution in [0.1, 0.15) is 19.3 Å². The zero-order chi connectivity index (χ0) is 18.1. The van der Waals surface area contributed by atoms with Crippen molar-refractivity contribution in [1.29, 1.82) is 0 Å². The van der Waals surface area contributed by atoms with Gasteiger partial charge >= 0.3 is 0 Å². The van der Waals surface area contributed by atoms with Gasteiger partial charge < -0.3 is 15.1 Å². The molecule has 26 heavy (non-hydrogen) atoms. The number of amides is 2. The van der Waals surface area contributed by atoms with Crippen LogP contribution in [0.15, 0.2) is 40.0 Å². The van der Waals surface area contributed by atoms with E-state index in [1.54, 1.807) is 4.90 Å². The number of hydrogen-bond donors (Lipinski definition) is 1. The molecule has 3 aromatic rings. The molecule has 0 spiro atoms. The fourth-order valence-electron chi connectivity index (χ4n) is 3.34. The van der Waals surface area contributed by atoms with Gasteiger partial charge in [0.05, 0.1) is 5.75 Å². The molecule has 0 aliphatic carbocycles. The number of rotatable bonds is 4. The van der Waals surface area contributed by atoms with Crippen LogP contribution in [-0.2, 0) is 9.59 Å². The molecule has 2 amide bonds. The number of fused-ring (bicyclic) bond motifs is 3. The number of piperidine rings is 1. The largest absolute Gasteiger partial charge is 0.451 e. The van der Waals surface area contributed by atoms with Crippen LogP contribution < -0.4 is 5.73 Å². The summed E-state index contributed by atoms with van der Waals surface area (Å²) in [7, 11) is 0. The molecule has 1 saturated heterocycles. The highest BCUT2D eigenvalue weighted by atomic mass is 32.2. The summed E-state index contributed by atoms with van der Waals surface area (Å²) in [6.07, 6.45) is 3.91. The number of nitrogens with two attached hydrogens (primary N) is 1. The van der Waals surface area contributed by atoms with Crippen molar-refractivity contribution in [2.24, 2.45) is 5.73 Å². The fourth-order valence-corrected chi connectivity index (χ4v) is 4.16. The zero-order valence-corrected chi connectivity index (χ0v) is 14.9. The lowest BCUT2D eigenvalue weighted by molar-refractivity contribution is -0.138. The topological polar surface area (TPSA) is 102 Å². The molecule has 1 aromatic carbocycles. The molecule has 0 radical (unpaired) electrons. The Bertz CT molecular complexity index is 987. The van der Waals surface area contributed by atoms with Crippen LogP contribution in [0.4, 0.5) is 0 Å². The van der Waals surface area contributed by atoms with E-state index in [0.29, 0.717) is 23.6 Å². The van der Waals surface area contributed by atoms with Crippen molar-refractivity contribution in [1.82, 2.24) is 14.9 Å². The second-order valence-corrected chi connectivity index (χ2v) is 7.21. The van der Waals surface area contributed by atoms with E-state index in [4.69, 9.17) is 10.2 Å². The highest BCUT2D eigenvalue weighted by Crippen LogP contribution is 2.32. The predicted molar refractivity (Wildman–Crippen MR) is 98.6 cm³/mol. The monoisotopic (exact) mass is 370 g/mol. The Morgan fingerprint density at radius 2 is 2.12 bits per heavy atom. The van der Waals surface area contributed by atoms with Crippen LogP contribution in [0.25, 0.3) is 22.1 Å². The maximum atomic E-state index is 12.6. The Hall–Kier alpha value is -2.61. The van der Waals surface area contributed by atoms with E-state index in [1.165, 1.54) is 18.1 Å². The van der Waals surface area contributed by atoms with Crippen LogP contribution >= 0.6 is 11.8 Å². The standard InChI is InChI=1S/C18H18N4O3S/c19-17(24)12-6-3-4-8-22(12)14(23)9-26-18-16-15(20-10-21-18)11-5-1-2-7-13(11)25-16/h1-2,5,7,10,12H,3-4,6,8-9H2,(H2,19,24)/t12-/m1/s1. The second-order valence-electron chi connectivity index (χ2n) is 6.24. The summed E-state index contributed by atoms with van der Waals surface area (Å²) in [5, 5.41) is 1.54. The van der Waals surface area contributed by atoms with Crippen LogP contribution in [0.3, 0.4) is 0 Å². The minimum atomic E-state index is -0.506. The van der Waals surface area contributed by atoms with E-state index in [1.807, 2.05) is 24.3 Å². The van der Waals surface area contributed by atoms with Gasteiger partial charge in [0.1, 0.15) is 28.5 Å². The molecule has 134 valence electrons. The van der Waals surface area contributed by atoms with Crippen LogP contribution in [0, 0.1) is 0 Å². The highest BCUT2D eigenvalue weighted by Gasteiger charge is 2.30. The number of carbonyl (C=O) groups is 2. The first-order valence-electron chi connectivity index (χ1n) is 8.49. The van der Waals surface area contributed by atoms with Gasteiger partial charge in [-0.2, -0.15) is 0 Å². The number of primary amides is 1. The number of carbonyl (C=O) groups excluding carboxylic acids is 2. The molecule has 0 bridgehead atoms. The average molecular weight is 370 g/mol. The van der Waals surface area contributed by atoms with Crippen LogP contribution in [0.2, 0.25) is 0 Å². The van der Waals surface area contributed by atoms with Gasteiger partial charge in [-0.1, -0.05) is 23.9 Å². The number of hydrogen-bond acceptors (Lipinski definition) is 6. The SMILES string of the molecule is NC(=O)[C@H]1CCCCN1C(=O)CSc1ncnc2c1oc1ccccc12. The van der Waals surface area contributed by atoms with Crippen molar-refractivity contribution in [3.05, 3.63) is 30.6 Å². The first-order valence-corrected chi connectivity index (χ1v) is 9.47. The zero-order valence-electron chi connectivity index (χ0n) is 14.1. The third kappa shape index (κ3) is 3.01. The van der Waals surface area contributed by atoms with Crippen molar-refractivity contribution in [2.45, 2.75) is 30.3 Å². The number of para-hydroxylation sites is 1. The summed E-state index contributed by atoms with van der Waals surface area (Å²) in [4.78, 5) is 34.4. The molecule has 0 saturated carbocycles. The average Bonchev–Trinajstić information content (AvgIpc) is 3.05. The first kappa shape index (κ1) is 16.8. The smallest absolute Gasteiger partial charge is 0.240 e. The van der Waals surface area contributed by atoms with Crippen molar-refractivity contribution >= 4 is 45.6 Å². The summed E-state index contributed by atoms with van der Waals surface area (Å²) >= 11 is 1.29. The van der Waals surface area contributed by atoms with E-state index < -0.39 is 11.9 Å². The lowest BCUT2D eigenvalue weighted by Gasteiger charge is -2.33. The molecule has 1 aliphatic rings. The second kappa shape index (κ2) is 6.95. The number of furan rings is 1. The molecule has 3 heterocycles. The number of aromatic nitrogens is 2. The molecular formula is C18H18N4O3S. The molecule has 1 aliphatic heterocycles. The highest BCUT2D eigenvalue weighted by molar-refractivity contribution is 8.00. The number of benzene rings is 1. The van der Waals surface area contributed by atoms with Crippen molar-refractivity contribution in [2.75, 3.05) is 12.3 Å². The number of nitrogens with zero attached hydrogens (tertiary/aromatic N) is 3. The molecule has 7 nitrogen and oxygen atoms in total. The van der Waals surface area contributed by atoms with Crippen LogP contribution in [-0.4, -0.2) is 45.0 Å². The maximum absolute atomic E-state index is 12.6. The third-order valence-electron chi connectivity index (χ3n) is 4.61. The van der Waals surface area contributed by atoms with Crippen LogP contribution in [0.5, 0.6) is 0 Å². The van der Waals surface area contributed by atoms with Gasteiger partial charge in [0, 0.05) is 11.9 Å². The predicted octanol–water partition coefficient (Wildman–Crippen LogP) is 2.33. The van der Waals surface area contributed by atoms with Crippen molar-refractivity contribution in [3.63, 3.8) is 0 Å². The van der Waals surface area contributed by atoms with Gasteiger partial charge in [-0.3, -0.25) is 9.59 Å². The summed E-state index contributed by atoms with van der Waals surface area (Å²) in [5.74, 6) is -0.376. The van der Waals surface area contributed by atoms with Gasteiger partial charge in [-0.15, -0.1) is 0 Å². The summed E-state index contributed by atoms with van der Waals surface area (Å²) < 4.78 is 5.88. The van der Waals surface area contributed by atoms with E-state index in [2.05, 4.69) is 9.97 Å². The van der Waals surface area contributed by atoms with E-state index in [-0.39, 0.29) is 11.7 Å². The summed E-state index contributed by atoms with van der Waals surface area (Å²) in [5.41, 5.74) is 7.50. The van der Waals surface area contributed by atoms with Crippen molar-refractivity contribution < 1.29 is 14.0 Å². The normalized spacial score (nSPS) is 17.7. The maximum Gasteiger partial charge on any atom is 0.240 e. The number of thioether (sulfide) groups is 1. The van der Waals surface area contributed by atoms with Gasteiger partial charge in [-0.25, -0.2) is 9.97 Å². The minimum Gasteiger partial charge on any atom is -0.451 e. The molecule has 4 rings (SSSR count). The lowest BCUT2D eigenvalue weighted by Crippen LogP contribution is -2.51. The fraction of sp³-hybridized carbons (Fsp3) is 0.333. The number of likely N-dealkylation sites (tertiary alicyclic amines) is 1. The van der Waals surface area contributed by atoms with Gasteiger partial charge in [0.15, 0.2) is 5.58 Å². The van der Waals surface area contributed by atoms with E-state index in [9.17, 15) is 9.59 Å².